The van der Waals surface area contributed by atoms with E-state index in [4.69, 9.17) is 0 Å². The van der Waals surface area contributed by atoms with Crippen LogP contribution >= 0.6 is 11.3 Å². The van der Waals surface area contributed by atoms with Crippen LogP contribution in [0.4, 0.5) is 0 Å². The van der Waals surface area contributed by atoms with E-state index in [0.29, 0.717) is 19.5 Å². The number of fused-ring (bicyclic) bond motifs is 1. The van der Waals surface area contributed by atoms with E-state index in [9.17, 15) is 14.7 Å². The van der Waals surface area contributed by atoms with Crippen molar-refractivity contribution in [1.82, 2.24) is 15.1 Å². The number of carbonyl (C=O) groups is 2. The first-order chi connectivity index (χ1) is 13.0. The SMILES string of the molecule is Cc1ccsc1CN1CCN2C(=O)[C@@H](Cc3ccc(O)cc3)NC(=O)[C@H]2C1. The molecule has 6 nitrogen and oxygen atoms in total. The number of hydrogen-bond donors (Lipinski definition) is 2. The van der Waals surface area contributed by atoms with Gasteiger partial charge in [0.1, 0.15) is 17.8 Å². The van der Waals surface area contributed by atoms with Crippen molar-refractivity contribution in [2.45, 2.75) is 32.0 Å². The number of amides is 2. The first-order valence-electron chi connectivity index (χ1n) is 9.15. The number of piperazine rings is 2. The minimum atomic E-state index is -0.538. The minimum Gasteiger partial charge on any atom is -0.508 e. The number of hydrogen-bond acceptors (Lipinski definition) is 5. The second-order valence-corrected chi connectivity index (χ2v) is 8.24. The van der Waals surface area contributed by atoms with Crippen molar-refractivity contribution in [3.63, 3.8) is 0 Å². The van der Waals surface area contributed by atoms with E-state index in [-0.39, 0.29) is 17.6 Å². The molecular weight excluding hydrogens is 362 g/mol. The van der Waals surface area contributed by atoms with E-state index < -0.39 is 12.1 Å². The Morgan fingerprint density at radius 1 is 1.19 bits per heavy atom. The molecule has 1 aromatic heterocycles. The molecule has 2 aromatic rings. The molecule has 2 amide bonds. The van der Waals surface area contributed by atoms with Crippen molar-refractivity contribution in [3.8, 4) is 5.75 Å². The van der Waals surface area contributed by atoms with Gasteiger partial charge in [-0.3, -0.25) is 14.5 Å². The lowest BCUT2D eigenvalue weighted by atomic mass is 9.98. The number of rotatable bonds is 4. The molecule has 2 saturated heterocycles. The van der Waals surface area contributed by atoms with Crippen LogP contribution < -0.4 is 5.32 Å². The van der Waals surface area contributed by atoms with Crippen molar-refractivity contribution < 1.29 is 14.7 Å². The summed E-state index contributed by atoms with van der Waals surface area (Å²) in [6.45, 7) is 4.85. The second-order valence-electron chi connectivity index (χ2n) is 7.24. The molecule has 2 aliphatic heterocycles. The Morgan fingerprint density at radius 2 is 1.96 bits per heavy atom. The highest BCUT2D eigenvalue weighted by atomic mass is 32.1. The van der Waals surface area contributed by atoms with Crippen LogP contribution in [0.3, 0.4) is 0 Å². The van der Waals surface area contributed by atoms with E-state index in [1.807, 2.05) is 0 Å². The van der Waals surface area contributed by atoms with Gasteiger partial charge in [-0.2, -0.15) is 0 Å². The summed E-state index contributed by atoms with van der Waals surface area (Å²) in [5.41, 5.74) is 2.19. The molecule has 0 aliphatic carbocycles. The van der Waals surface area contributed by atoms with Crippen molar-refractivity contribution in [1.29, 1.82) is 0 Å². The van der Waals surface area contributed by atoms with Gasteiger partial charge < -0.3 is 15.3 Å². The van der Waals surface area contributed by atoms with Gasteiger partial charge in [0, 0.05) is 37.5 Å². The first kappa shape index (κ1) is 18.0. The number of nitrogens with zero attached hydrogens (tertiary/aromatic N) is 2. The largest absolute Gasteiger partial charge is 0.508 e. The number of phenolic OH excluding ortho intramolecular Hbond substituents is 1. The molecule has 142 valence electrons. The normalized spacial score (nSPS) is 23.2. The number of phenols is 1. The predicted molar refractivity (Wildman–Crippen MR) is 104 cm³/mol. The highest BCUT2D eigenvalue weighted by Crippen LogP contribution is 2.23. The number of aromatic hydroxyl groups is 1. The topological polar surface area (TPSA) is 72.9 Å². The van der Waals surface area contributed by atoms with Gasteiger partial charge >= 0.3 is 0 Å². The fourth-order valence-electron chi connectivity index (χ4n) is 3.78. The summed E-state index contributed by atoms with van der Waals surface area (Å²) >= 11 is 1.74. The molecule has 2 fully saturated rings. The smallest absolute Gasteiger partial charge is 0.246 e. The average molecular weight is 385 g/mol. The van der Waals surface area contributed by atoms with Crippen LogP contribution in [0.2, 0.25) is 0 Å². The van der Waals surface area contributed by atoms with E-state index in [1.54, 1.807) is 40.5 Å². The van der Waals surface area contributed by atoms with Crippen LogP contribution in [-0.2, 0) is 22.6 Å². The average Bonchev–Trinajstić information content (AvgIpc) is 3.06. The fraction of sp³-hybridized carbons (Fsp3) is 0.400. The van der Waals surface area contributed by atoms with Gasteiger partial charge in [-0.1, -0.05) is 12.1 Å². The maximum absolute atomic E-state index is 12.9. The number of thiophene rings is 1. The Balaban J connectivity index is 1.42. The van der Waals surface area contributed by atoms with Crippen molar-refractivity contribution in [3.05, 3.63) is 51.7 Å². The summed E-state index contributed by atoms with van der Waals surface area (Å²) in [4.78, 5) is 30.9. The van der Waals surface area contributed by atoms with Crippen LogP contribution in [0.5, 0.6) is 5.75 Å². The standard InChI is InChI=1S/C20H23N3O3S/c1-13-6-9-27-18(13)12-22-7-8-23-17(11-22)19(25)21-16(20(23)26)10-14-2-4-15(24)5-3-14/h2-6,9,16-17,24H,7-8,10-12H2,1H3,(H,21,25)/t16-,17-/m1/s1. The summed E-state index contributed by atoms with van der Waals surface area (Å²) < 4.78 is 0. The zero-order valence-corrected chi connectivity index (χ0v) is 16.0. The van der Waals surface area contributed by atoms with Crippen LogP contribution in [0, 0.1) is 6.92 Å². The van der Waals surface area contributed by atoms with Gasteiger partial charge in [-0.25, -0.2) is 0 Å². The fourth-order valence-corrected chi connectivity index (χ4v) is 4.72. The van der Waals surface area contributed by atoms with Crippen LogP contribution in [0.1, 0.15) is 16.0 Å². The summed E-state index contributed by atoms with van der Waals surface area (Å²) in [5.74, 6) is 0.0977. The Kier molecular flexibility index (Phi) is 4.88. The van der Waals surface area contributed by atoms with Crippen LogP contribution in [0.25, 0.3) is 0 Å². The molecule has 0 spiro atoms. The van der Waals surface area contributed by atoms with E-state index >= 15 is 0 Å². The van der Waals surface area contributed by atoms with Crippen LogP contribution in [0.15, 0.2) is 35.7 Å². The third-order valence-corrected chi connectivity index (χ3v) is 6.38. The monoisotopic (exact) mass is 385 g/mol. The number of benzene rings is 1. The molecule has 0 radical (unpaired) electrons. The van der Waals surface area contributed by atoms with Crippen molar-refractivity contribution in [2.24, 2.45) is 0 Å². The highest BCUT2D eigenvalue weighted by molar-refractivity contribution is 7.10. The zero-order chi connectivity index (χ0) is 19.0. The van der Waals surface area contributed by atoms with E-state index in [1.165, 1.54) is 10.4 Å². The molecule has 0 bridgehead atoms. The lowest BCUT2D eigenvalue weighted by Crippen LogP contribution is -2.69. The summed E-state index contributed by atoms with van der Waals surface area (Å²) in [6, 6.07) is 7.91. The molecule has 1 aromatic carbocycles. The van der Waals surface area contributed by atoms with E-state index in [2.05, 4.69) is 28.6 Å². The molecule has 2 N–H and O–H groups in total. The third kappa shape index (κ3) is 3.70. The minimum absolute atomic E-state index is 0.0142. The molecule has 4 rings (SSSR count). The summed E-state index contributed by atoms with van der Waals surface area (Å²) in [7, 11) is 0. The van der Waals surface area contributed by atoms with Gasteiger partial charge in [0.2, 0.25) is 11.8 Å². The molecule has 3 heterocycles. The Bertz CT molecular complexity index is 848. The maximum Gasteiger partial charge on any atom is 0.246 e. The predicted octanol–water partition coefficient (Wildman–Crippen LogP) is 1.52. The first-order valence-corrected chi connectivity index (χ1v) is 10.0. The molecule has 0 unspecified atom stereocenters. The summed E-state index contributed by atoms with van der Waals surface area (Å²) in [6.07, 6.45) is 0.437. The van der Waals surface area contributed by atoms with Gasteiger partial charge in [-0.05, 0) is 41.6 Å². The Hall–Kier alpha value is -2.38. The third-order valence-electron chi connectivity index (χ3n) is 5.38. The van der Waals surface area contributed by atoms with Gasteiger partial charge in [0.25, 0.3) is 0 Å². The number of carbonyl (C=O) groups excluding carboxylic acids is 2. The second kappa shape index (κ2) is 7.32. The molecule has 7 heteroatoms. The van der Waals surface area contributed by atoms with Crippen LogP contribution in [-0.4, -0.2) is 58.4 Å². The molecular formula is C20H23N3O3S. The number of aryl methyl sites for hydroxylation is 1. The Labute approximate surface area is 162 Å². The molecule has 2 aliphatic rings. The summed E-state index contributed by atoms with van der Waals surface area (Å²) in [5, 5.41) is 14.4. The van der Waals surface area contributed by atoms with Crippen molar-refractivity contribution >= 4 is 23.2 Å². The quantitative estimate of drug-likeness (QED) is 0.837. The molecule has 27 heavy (non-hydrogen) atoms. The highest BCUT2D eigenvalue weighted by Gasteiger charge is 2.43. The van der Waals surface area contributed by atoms with E-state index in [0.717, 1.165) is 18.7 Å². The lowest BCUT2D eigenvalue weighted by molar-refractivity contribution is -0.153. The lowest BCUT2D eigenvalue weighted by Gasteiger charge is -2.45. The molecule has 2 atom stereocenters. The van der Waals surface area contributed by atoms with Gasteiger partial charge in [0.15, 0.2) is 0 Å². The Morgan fingerprint density at radius 3 is 2.67 bits per heavy atom. The zero-order valence-electron chi connectivity index (χ0n) is 15.2. The van der Waals surface area contributed by atoms with Gasteiger partial charge in [0.05, 0.1) is 0 Å². The van der Waals surface area contributed by atoms with Crippen molar-refractivity contribution in [2.75, 3.05) is 19.6 Å². The van der Waals surface area contributed by atoms with Gasteiger partial charge in [-0.15, -0.1) is 11.3 Å². The number of nitrogens with one attached hydrogen (secondary N) is 1. The molecule has 0 saturated carbocycles. The maximum atomic E-state index is 12.9.